The highest BCUT2D eigenvalue weighted by Gasteiger charge is 2.42. The van der Waals surface area contributed by atoms with Crippen LogP contribution in [0.25, 0.3) is 0 Å². The maximum Gasteiger partial charge on any atom is 0.231 e. The van der Waals surface area contributed by atoms with E-state index in [1.165, 1.54) is 0 Å². The number of hydrogen-bond acceptors (Lipinski definition) is 6. The van der Waals surface area contributed by atoms with E-state index in [4.69, 9.17) is 9.47 Å². The molecule has 3 amide bonds. The molecule has 9 nitrogen and oxygen atoms in total. The summed E-state index contributed by atoms with van der Waals surface area (Å²) < 4.78 is 11.4. The first-order valence-corrected chi connectivity index (χ1v) is 15.0. The Hall–Kier alpha value is -3.43. The highest BCUT2D eigenvalue weighted by molar-refractivity contribution is 6.00. The van der Waals surface area contributed by atoms with Crippen LogP contribution < -0.4 is 25.2 Å². The molecule has 3 aliphatic rings. The number of carbonyl (C=O) groups excluding carboxylic acids is 3. The van der Waals surface area contributed by atoms with Crippen molar-refractivity contribution in [3.05, 3.63) is 54.1 Å². The number of amides is 3. The highest BCUT2D eigenvalue weighted by atomic mass is 16.5. The number of nitrogens with zero attached hydrogens (tertiary/aromatic N) is 2. The van der Waals surface area contributed by atoms with E-state index in [9.17, 15) is 14.4 Å². The molecule has 0 spiro atoms. The fourth-order valence-electron chi connectivity index (χ4n) is 6.01. The summed E-state index contributed by atoms with van der Waals surface area (Å²) in [6.07, 6.45) is 2.60. The molecule has 2 aromatic rings. The van der Waals surface area contributed by atoms with Crippen molar-refractivity contribution in [1.82, 2.24) is 10.6 Å². The predicted octanol–water partition coefficient (Wildman–Crippen LogP) is 4.00. The summed E-state index contributed by atoms with van der Waals surface area (Å²) in [4.78, 5) is 44.3. The van der Waals surface area contributed by atoms with Crippen molar-refractivity contribution in [2.75, 3.05) is 43.2 Å². The van der Waals surface area contributed by atoms with E-state index >= 15 is 0 Å². The lowest BCUT2D eigenvalue weighted by atomic mass is 9.87. The predicted molar refractivity (Wildman–Crippen MR) is 163 cm³/mol. The van der Waals surface area contributed by atoms with Gasteiger partial charge in [-0.3, -0.25) is 14.4 Å². The van der Waals surface area contributed by atoms with Crippen molar-refractivity contribution in [3.8, 4) is 5.75 Å². The van der Waals surface area contributed by atoms with E-state index in [-0.39, 0.29) is 42.0 Å². The van der Waals surface area contributed by atoms with Gasteiger partial charge in [-0.05, 0) is 70.7 Å². The molecule has 0 radical (unpaired) electrons. The Morgan fingerprint density at radius 2 is 1.81 bits per heavy atom. The fourth-order valence-corrected chi connectivity index (χ4v) is 6.01. The van der Waals surface area contributed by atoms with Crippen molar-refractivity contribution in [2.24, 2.45) is 11.8 Å². The first-order valence-electron chi connectivity index (χ1n) is 15.0. The van der Waals surface area contributed by atoms with Crippen LogP contribution in [0.5, 0.6) is 5.75 Å². The maximum absolute atomic E-state index is 14.1. The van der Waals surface area contributed by atoms with Gasteiger partial charge in [0, 0.05) is 31.9 Å². The summed E-state index contributed by atoms with van der Waals surface area (Å²) in [5.74, 6) is -0.101. The lowest BCUT2D eigenvalue weighted by Gasteiger charge is -2.40. The summed E-state index contributed by atoms with van der Waals surface area (Å²) in [7, 11) is 1.58. The van der Waals surface area contributed by atoms with Crippen molar-refractivity contribution < 1.29 is 23.9 Å². The van der Waals surface area contributed by atoms with Gasteiger partial charge in [0.25, 0.3) is 0 Å². The fraction of sp³-hybridized carbons (Fsp3) is 0.545. The zero-order chi connectivity index (χ0) is 30.1. The third-order valence-corrected chi connectivity index (χ3v) is 8.41. The minimum Gasteiger partial charge on any atom is -0.484 e. The molecule has 226 valence electrons. The van der Waals surface area contributed by atoms with Crippen LogP contribution in [-0.2, 0) is 24.7 Å². The number of methoxy groups -OCH3 is 1. The van der Waals surface area contributed by atoms with E-state index in [2.05, 4.69) is 10.6 Å². The van der Waals surface area contributed by atoms with E-state index in [1.807, 2.05) is 81.1 Å². The van der Waals surface area contributed by atoms with Gasteiger partial charge in [-0.2, -0.15) is 0 Å². The van der Waals surface area contributed by atoms with Gasteiger partial charge in [0.1, 0.15) is 11.4 Å². The number of fused-ring (bicyclic) bond motifs is 1. The van der Waals surface area contributed by atoms with Gasteiger partial charge < -0.3 is 29.9 Å². The second kappa shape index (κ2) is 12.1. The Morgan fingerprint density at radius 3 is 2.50 bits per heavy atom. The Labute approximate surface area is 248 Å². The third kappa shape index (κ3) is 6.63. The SMILES string of the molecule is COCCC(=O)N1CC(C)(C)Oc2ccc(N(C(=O)[C@H]3CNC[C@@H](C(=O)NC(C)(C)c4ccccc4)C3)C3CC3)cc21. The van der Waals surface area contributed by atoms with Crippen LogP contribution in [0.1, 0.15) is 58.9 Å². The summed E-state index contributed by atoms with van der Waals surface area (Å²) in [6.45, 7) is 9.73. The van der Waals surface area contributed by atoms with Crippen molar-refractivity contribution in [3.63, 3.8) is 0 Å². The number of nitrogens with one attached hydrogen (secondary N) is 2. The maximum atomic E-state index is 14.1. The number of benzene rings is 2. The molecule has 0 bridgehead atoms. The Kier molecular flexibility index (Phi) is 8.62. The average Bonchev–Trinajstić information content (AvgIpc) is 3.81. The average molecular weight is 577 g/mol. The minimum absolute atomic E-state index is 0.0130. The van der Waals surface area contributed by atoms with Gasteiger partial charge in [-0.25, -0.2) is 0 Å². The smallest absolute Gasteiger partial charge is 0.231 e. The van der Waals surface area contributed by atoms with Crippen LogP contribution in [-0.4, -0.2) is 62.7 Å². The van der Waals surface area contributed by atoms with E-state index in [0.29, 0.717) is 44.1 Å². The summed E-state index contributed by atoms with van der Waals surface area (Å²) >= 11 is 0. The highest BCUT2D eigenvalue weighted by Crippen LogP contribution is 2.42. The summed E-state index contributed by atoms with van der Waals surface area (Å²) in [6, 6.07) is 15.7. The van der Waals surface area contributed by atoms with E-state index in [1.54, 1.807) is 12.0 Å². The Bertz CT molecular complexity index is 1310. The molecule has 2 atom stereocenters. The lowest BCUT2D eigenvalue weighted by molar-refractivity contribution is -0.129. The molecular weight excluding hydrogens is 532 g/mol. The molecular formula is C33H44N4O5. The van der Waals surface area contributed by atoms with Crippen LogP contribution in [0.4, 0.5) is 11.4 Å². The van der Waals surface area contributed by atoms with Crippen molar-refractivity contribution in [1.29, 1.82) is 0 Å². The molecule has 42 heavy (non-hydrogen) atoms. The molecule has 2 aromatic carbocycles. The molecule has 9 heteroatoms. The second-order valence-corrected chi connectivity index (χ2v) is 12.9. The number of piperidine rings is 1. The minimum atomic E-state index is -0.540. The molecule has 2 heterocycles. The number of anilines is 2. The molecule has 1 aliphatic carbocycles. The number of ether oxygens (including phenoxy) is 2. The molecule has 0 unspecified atom stereocenters. The van der Waals surface area contributed by atoms with Gasteiger partial charge in [-0.15, -0.1) is 0 Å². The van der Waals surface area contributed by atoms with E-state index < -0.39 is 11.1 Å². The molecule has 2 aliphatic heterocycles. The topological polar surface area (TPSA) is 100 Å². The third-order valence-electron chi connectivity index (χ3n) is 8.41. The first-order chi connectivity index (χ1) is 20.0. The van der Waals surface area contributed by atoms with Crippen LogP contribution in [0.3, 0.4) is 0 Å². The number of hydrogen-bond donors (Lipinski definition) is 2. The van der Waals surface area contributed by atoms with E-state index in [0.717, 1.165) is 24.1 Å². The van der Waals surface area contributed by atoms with Crippen LogP contribution in [0.2, 0.25) is 0 Å². The van der Waals surface area contributed by atoms with Gasteiger partial charge >= 0.3 is 0 Å². The zero-order valence-electron chi connectivity index (χ0n) is 25.4. The molecule has 0 aromatic heterocycles. The lowest BCUT2D eigenvalue weighted by Crippen LogP contribution is -2.52. The molecule has 1 saturated carbocycles. The largest absolute Gasteiger partial charge is 0.484 e. The molecule has 1 saturated heterocycles. The Morgan fingerprint density at radius 1 is 1.10 bits per heavy atom. The number of carbonyl (C=O) groups is 3. The molecule has 2 fully saturated rings. The van der Waals surface area contributed by atoms with Crippen LogP contribution in [0, 0.1) is 11.8 Å². The van der Waals surface area contributed by atoms with Gasteiger partial charge in [0.2, 0.25) is 17.7 Å². The summed E-state index contributed by atoms with van der Waals surface area (Å²) in [5, 5.41) is 6.55. The zero-order valence-corrected chi connectivity index (χ0v) is 25.4. The Balaban J connectivity index is 1.34. The first kappa shape index (κ1) is 30.0. The number of rotatable bonds is 9. The monoisotopic (exact) mass is 576 g/mol. The van der Waals surface area contributed by atoms with Gasteiger partial charge in [0.15, 0.2) is 0 Å². The molecule has 5 rings (SSSR count). The van der Waals surface area contributed by atoms with Crippen molar-refractivity contribution in [2.45, 2.75) is 70.6 Å². The van der Waals surface area contributed by atoms with Crippen LogP contribution in [0.15, 0.2) is 48.5 Å². The van der Waals surface area contributed by atoms with Gasteiger partial charge in [-0.1, -0.05) is 30.3 Å². The van der Waals surface area contributed by atoms with Gasteiger partial charge in [0.05, 0.1) is 42.6 Å². The normalized spacial score (nSPS) is 21.6. The van der Waals surface area contributed by atoms with Crippen molar-refractivity contribution >= 4 is 29.1 Å². The summed E-state index contributed by atoms with van der Waals surface area (Å²) in [5.41, 5.74) is 1.40. The second-order valence-electron chi connectivity index (χ2n) is 12.9. The molecule has 2 N–H and O–H groups in total. The quantitative estimate of drug-likeness (QED) is 0.468. The standard InChI is InChI=1S/C33H44N4O5/c1-32(2)21-36(29(38)15-16-41-5)27-18-26(13-14-28(27)42-32)37(25-11-12-25)31(40)23-17-22(19-34-20-23)30(39)35-33(3,4)24-9-7-6-8-10-24/h6-10,13-14,18,22-23,25,34H,11-12,15-17,19-21H2,1-5H3,(H,35,39)/t22-,23+/m0/s1. The van der Waals surface area contributed by atoms with Crippen LogP contribution >= 0.6 is 0 Å².